The molecule has 1 nitrogen and oxygen atoms in total. The van der Waals surface area contributed by atoms with Crippen molar-refractivity contribution in [2.75, 3.05) is 7.05 Å². The van der Waals surface area contributed by atoms with E-state index in [1.807, 2.05) is 25.3 Å². The third kappa shape index (κ3) is 4.50. The molecule has 0 bridgehead atoms. The summed E-state index contributed by atoms with van der Waals surface area (Å²) < 4.78 is 0. The van der Waals surface area contributed by atoms with Gasteiger partial charge in [0.1, 0.15) is 0 Å². The Labute approximate surface area is 97.1 Å². The largest absolute Gasteiger partial charge is 0.317 e. The summed E-state index contributed by atoms with van der Waals surface area (Å²) in [4.78, 5) is 0. The lowest BCUT2D eigenvalue weighted by Crippen LogP contribution is -2.27. The zero-order chi connectivity index (χ0) is 11.1. The quantitative estimate of drug-likeness (QED) is 0.729. The van der Waals surface area contributed by atoms with Crippen molar-refractivity contribution in [2.45, 2.75) is 25.3 Å². The maximum Gasteiger partial charge on any atom is 0.0406 e. The van der Waals surface area contributed by atoms with Gasteiger partial charge in [-0.3, -0.25) is 0 Å². The van der Waals surface area contributed by atoms with Crippen LogP contribution in [-0.2, 0) is 6.42 Å². The molecule has 0 saturated carbocycles. The molecule has 2 heteroatoms. The average Bonchev–Trinajstić information content (AvgIpc) is 2.27. The van der Waals surface area contributed by atoms with Gasteiger partial charge in [0.15, 0.2) is 0 Å². The molecular formula is C13H18ClN. The van der Waals surface area contributed by atoms with E-state index in [1.54, 1.807) is 0 Å². The van der Waals surface area contributed by atoms with Crippen LogP contribution in [0.2, 0.25) is 5.02 Å². The van der Waals surface area contributed by atoms with E-state index < -0.39 is 0 Å². The van der Waals surface area contributed by atoms with Gasteiger partial charge in [0.25, 0.3) is 0 Å². The van der Waals surface area contributed by atoms with Crippen LogP contribution in [0.5, 0.6) is 0 Å². The standard InChI is InChI=1S/C13H18ClN/c1-3-4-5-13(15-2)10-11-6-8-12(14)9-7-11/h3,6-9,13,15H,1,4-5,10H2,2H3. The second-order valence-corrected chi connectivity index (χ2v) is 4.12. The predicted octanol–water partition coefficient (Wildman–Crippen LogP) is 3.44. The summed E-state index contributed by atoms with van der Waals surface area (Å²) in [6, 6.07) is 8.57. The van der Waals surface area contributed by atoms with Crippen molar-refractivity contribution < 1.29 is 0 Å². The highest BCUT2D eigenvalue weighted by Gasteiger charge is 2.05. The van der Waals surface area contributed by atoms with Gasteiger partial charge in [-0.2, -0.15) is 0 Å². The molecule has 0 radical (unpaired) electrons. The van der Waals surface area contributed by atoms with Gasteiger partial charge in [-0.05, 0) is 44.0 Å². The highest BCUT2D eigenvalue weighted by Crippen LogP contribution is 2.12. The highest BCUT2D eigenvalue weighted by atomic mass is 35.5. The van der Waals surface area contributed by atoms with Crippen LogP contribution >= 0.6 is 11.6 Å². The number of rotatable bonds is 6. The third-order valence-electron chi connectivity index (χ3n) is 2.52. The van der Waals surface area contributed by atoms with Crippen LogP contribution < -0.4 is 5.32 Å². The van der Waals surface area contributed by atoms with E-state index >= 15 is 0 Å². The SMILES string of the molecule is C=CCCC(Cc1ccc(Cl)cc1)NC. The first-order valence-corrected chi connectivity index (χ1v) is 5.66. The Hall–Kier alpha value is -0.790. The van der Waals surface area contributed by atoms with Gasteiger partial charge < -0.3 is 5.32 Å². The van der Waals surface area contributed by atoms with E-state index in [2.05, 4.69) is 24.0 Å². The third-order valence-corrected chi connectivity index (χ3v) is 2.77. The molecule has 0 aliphatic carbocycles. The average molecular weight is 224 g/mol. The first-order valence-electron chi connectivity index (χ1n) is 5.29. The molecule has 0 saturated heterocycles. The van der Waals surface area contributed by atoms with Crippen molar-refractivity contribution in [3.63, 3.8) is 0 Å². The lowest BCUT2D eigenvalue weighted by molar-refractivity contribution is 0.525. The molecule has 15 heavy (non-hydrogen) atoms. The number of likely N-dealkylation sites (N-methyl/N-ethyl adjacent to an activating group) is 1. The first kappa shape index (κ1) is 12.3. The Morgan fingerprint density at radius 3 is 2.60 bits per heavy atom. The lowest BCUT2D eigenvalue weighted by Gasteiger charge is -2.15. The lowest BCUT2D eigenvalue weighted by atomic mass is 10.0. The van der Waals surface area contributed by atoms with Crippen molar-refractivity contribution in [3.8, 4) is 0 Å². The zero-order valence-electron chi connectivity index (χ0n) is 9.17. The summed E-state index contributed by atoms with van der Waals surface area (Å²) in [5.74, 6) is 0. The molecule has 1 unspecified atom stereocenters. The smallest absolute Gasteiger partial charge is 0.0406 e. The Balaban J connectivity index is 2.50. The van der Waals surface area contributed by atoms with Crippen LogP contribution in [0.1, 0.15) is 18.4 Å². The summed E-state index contributed by atoms with van der Waals surface area (Å²) in [6.07, 6.45) is 5.19. The molecule has 1 rings (SSSR count). The summed E-state index contributed by atoms with van der Waals surface area (Å²) in [6.45, 7) is 3.74. The van der Waals surface area contributed by atoms with Gasteiger partial charge in [-0.25, -0.2) is 0 Å². The van der Waals surface area contributed by atoms with E-state index in [1.165, 1.54) is 5.56 Å². The van der Waals surface area contributed by atoms with Gasteiger partial charge >= 0.3 is 0 Å². The Morgan fingerprint density at radius 1 is 1.40 bits per heavy atom. The van der Waals surface area contributed by atoms with Crippen LogP contribution in [0, 0.1) is 0 Å². The Bertz CT molecular complexity index is 292. The van der Waals surface area contributed by atoms with Gasteiger partial charge in [0, 0.05) is 11.1 Å². The molecule has 82 valence electrons. The van der Waals surface area contributed by atoms with Crippen LogP contribution in [-0.4, -0.2) is 13.1 Å². The second-order valence-electron chi connectivity index (χ2n) is 3.68. The van der Waals surface area contributed by atoms with Crippen LogP contribution in [0.3, 0.4) is 0 Å². The fraction of sp³-hybridized carbons (Fsp3) is 0.385. The first-order chi connectivity index (χ1) is 7.26. The van der Waals surface area contributed by atoms with Gasteiger partial charge in [-0.1, -0.05) is 29.8 Å². The van der Waals surface area contributed by atoms with Gasteiger partial charge in [-0.15, -0.1) is 6.58 Å². The van der Waals surface area contributed by atoms with Crippen molar-refractivity contribution in [2.24, 2.45) is 0 Å². The molecule has 1 atom stereocenters. The summed E-state index contributed by atoms with van der Waals surface area (Å²) in [5.41, 5.74) is 1.32. The minimum absolute atomic E-state index is 0.518. The number of nitrogens with one attached hydrogen (secondary N) is 1. The molecule has 1 N–H and O–H groups in total. The van der Waals surface area contributed by atoms with E-state index in [9.17, 15) is 0 Å². The van der Waals surface area contributed by atoms with Gasteiger partial charge in [0.05, 0.1) is 0 Å². The van der Waals surface area contributed by atoms with E-state index in [4.69, 9.17) is 11.6 Å². The molecule has 0 aromatic heterocycles. The predicted molar refractivity (Wildman–Crippen MR) is 67.4 cm³/mol. The maximum atomic E-state index is 5.84. The fourth-order valence-electron chi connectivity index (χ4n) is 1.57. The van der Waals surface area contributed by atoms with Crippen molar-refractivity contribution >= 4 is 11.6 Å². The molecule has 1 aromatic carbocycles. The fourth-order valence-corrected chi connectivity index (χ4v) is 1.70. The van der Waals surface area contributed by atoms with E-state index in [0.717, 1.165) is 24.3 Å². The number of hydrogen-bond donors (Lipinski definition) is 1. The second kappa shape index (κ2) is 6.65. The summed E-state index contributed by atoms with van der Waals surface area (Å²) in [7, 11) is 2.00. The molecule has 0 aliphatic heterocycles. The number of hydrogen-bond acceptors (Lipinski definition) is 1. The maximum absolute atomic E-state index is 5.84. The topological polar surface area (TPSA) is 12.0 Å². The molecule has 0 amide bonds. The summed E-state index contributed by atoms with van der Waals surface area (Å²) in [5, 5.41) is 4.12. The van der Waals surface area contributed by atoms with E-state index in [-0.39, 0.29) is 0 Å². The van der Waals surface area contributed by atoms with Crippen LogP contribution in [0.15, 0.2) is 36.9 Å². The minimum Gasteiger partial charge on any atom is -0.317 e. The Kier molecular flexibility index (Phi) is 5.44. The number of halogens is 1. The van der Waals surface area contributed by atoms with Crippen molar-refractivity contribution in [1.29, 1.82) is 0 Å². The zero-order valence-corrected chi connectivity index (χ0v) is 9.93. The normalized spacial score (nSPS) is 12.4. The molecule has 0 aliphatic rings. The molecule has 1 aromatic rings. The van der Waals surface area contributed by atoms with E-state index in [0.29, 0.717) is 6.04 Å². The van der Waals surface area contributed by atoms with Crippen LogP contribution in [0.25, 0.3) is 0 Å². The monoisotopic (exact) mass is 223 g/mol. The number of allylic oxidation sites excluding steroid dienone is 1. The molecule has 0 spiro atoms. The number of benzene rings is 1. The molecular weight excluding hydrogens is 206 g/mol. The molecule has 0 fully saturated rings. The Morgan fingerprint density at radius 2 is 2.07 bits per heavy atom. The highest BCUT2D eigenvalue weighted by molar-refractivity contribution is 6.30. The minimum atomic E-state index is 0.518. The van der Waals surface area contributed by atoms with Crippen molar-refractivity contribution in [1.82, 2.24) is 5.32 Å². The summed E-state index contributed by atoms with van der Waals surface area (Å²) >= 11 is 5.84. The van der Waals surface area contributed by atoms with Crippen LogP contribution in [0.4, 0.5) is 0 Å². The van der Waals surface area contributed by atoms with Gasteiger partial charge in [0.2, 0.25) is 0 Å². The molecule has 0 heterocycles. The van der Waals surface area contributed by atoms with Crippen molar-refractivity contribution in [3.05, 3.63) is 47.5 Å².